The van der Waals surface area contributed by atoms with E-state index in [-0.39, 0.29) is 5.82 Å². The van der Waals surface area contributed by atoms with Gasteiger partial charge in [-0.1, -0.05) is 19.1 Å². The van der Waals surface area contributed by atoms with Crippen molar-refractivity contribution in [2.24, 2.45) is 5.73 Å². The molecule has 0 amide bonds. The summed E-state index contributed by atoms with van der Waals surface area (Å²) in [4.78, 5) is 0. The topological polar surface area (TPSA) is 26.0 Å². The van der Waals surface area contributed by atoms with Gasteiger partial charge in [-0.05, 0) is 46.4 Å². The highest BCUT2D eigenvalue weighted by molar-refractivity contribution is 9.10. The van der Waals surface area contributed by atoms with Crippen LogP contribution in [0.2, 0.25) is 0 Å². The molecule has 1 aromatic rings. The van der Waals surface area contributed by atoms with E-state index >= 15 is 0 Å². The van der Waals surface area contributed by atoms with Gasteiger partial charge in [0.05, 0.1) is 4.47 Å². The average molecular weight is 246 g/mol. The standard InChI is InChI=1S/C10H13BrFN/c1-7(5-6-13)8-3-2-4-9(12)10(8)11/h2-4,7H,5-6,13H2,1H3. The van der Waals surface area contributed by atoms with E-state index in [0.29, 0.717) is 16.9 Å². The molecular weight excluding hydrogens is 233 g/mol. The first kappa shape index (κ1) is 10.7. The SMILES string of the molecule is CC(CCN)c1cccc(F)c1Br. The van der Waals surface area contributed by atoms with Crippen LogP contribution in [0.25, 0.3) is 0 Å². The van der Waals surface area contributed by atoms with Crippen LogP contribution in [0.4, 0.5) is 4.39 Å². The maximum absolute atomic E-state index is 13.1. The molecule has 0 aliphatic heterocycles. The van der Waals surface area contributed by atoms with Gasteiger partial charge in [-0.15, -0.1) is 0 Å². The van der Waals surface area contributed by atoms with Gasteiger partial charge in [0.15, 0.2) is 0 Å². The zero-order valence-corrected chi connectivity index (χ0v) is 9.14. The van der Waals surface area contributed by atoms with E-state index in [9.17, 15) is 4.39 Å². The number of nitrogens with two attached hydrogens (primary N) is 1. The zero-order chi connectivity index (χ0) is 9.84. The van der Waals surface area contributed by atoms with Crippen molar-refractivity contribution in [3.8, 4) is 0 Å². The van der Waals surface area contributed by atoms with E-state index in [2.05, 4.69) is 15.9 Å². The Bertz CT molecular complexity index is 288. The van der Waals surface area contributed by atoms with Crippen LogP contribution < -0.4 is 5.73 Å². The zero-order valence-electron chi connectivity index (χ0n) is 7.56. The summed E-state index contributed by atoms with van der Waals surface area (Å²) in [5.74, 6) is 0.0939. The summed E-state index contributed by atoms with van der Waals surface area (Å²) in [5.41, 5.74) is 6.44. The normalized spacial score (nSPS) is 12.9. The maximum atomic E-state index is 13.1. The Hall–Kier alpha value is -0.410. The lowest BCUT2D eigenvalue weighted by atomic mass is 9.98. The third-order valence-electron chi connectivity index (χ3n) is 2.11. The molecule has 2 N–H and O–H groups in total. The van der Waals surface area contributed by atoms with E-state index in [1.54, 1.807) is 6.07 Å². The highest BCUT2D eigenvalue weighted by Crippen LogP contribution is 2.28. The Balaban J connectivity index is 2.93. The smallest absolute Gasteiger partial charge is 0.137 e. The molecule has 0 radical (unpaired) electrons. The molecule has 1 unspecified atom stereocenters. The van der Waals surface area contributed by atoms with E-state index in [1.165, 1.54) is 6.07 Å². The van der Waals surface area contributed by atoms with Crippen LogP contribution in [0.1, 0.15) is 24.8 Å². The van der Waals surface area contributed by atoms with Crippen LogP contribution >= 0.6 is 15.9 Å². The van der Waals surface area contributed by atoms with Crippen LogP contribution in [0.3, 0.4) is 0 Å². The number of hydrogen-bond donors (Lipinski definition) is 1. The molecule has 0 spiro atoms. The van der Waals surface area contributed by atoms with Crippen molar-refractivity contribution in [3.05, 3.63) is 34.1 Å². The third kappa shape index (κ3) is 2.51. The molecular formula is C10H13BrFN. The van der Waals surface area contributed by atoms with Crippen molar-refractivity contribution >= 4 is 15.9 Å². The lowest BCUT2D eigenvalue weighted by Gasteiger charge is -2.12. The summed E-state index contributed by atoms with van der Waals surface area (Å²) in [6.07, 6.45) is 0.877. The fraction of sp³-hybridized carbons (Fsp3) is 0.400. The Labute approximate surface area is 86.3 Å². The predicted octanol–water partition coefficient (Wildman–Crippen LogP) is 3.04. The minimum absolute atomic E-state index is 0.207. The second kappa shape index (κ2) is 4.72. The van der Waals surface area contributed by atoms with Crippen LogP contribution in [-0.2, 0) is 0 Å². The number of hydrogen-bond acceptors (Lipinski definition) is 1. The van der Waals surface area contributed by atoms with Gasteiger partial charge in [0.2, 0.25) is 0 Å². The minimum Gasteiger partial charge on any atom is -0.330 e. The first-order valence-electron chi connectivity index (χ1n) is 4.30. The molecule has 1 atom stereocenters. The monoisotopic (exact) mass is 245 g/mol. The Kier molecular flexibility index (Phi) is 3.88. The summed E-state index contributed by atoms with van der Waals surface area (Å²) in [6.45, 7) is 2.68. The molecule has 0 aromatic heterocycles. The molecule has 0 aliphatic rings. The van der Waals surface area contributed by atoms with Crippen LogP contribution in [0, 0.1) is 5.82 Å². The number of halogens is 2. The fourth-order valence-electron chi connectivity index (χ4n) is 1.31. The van der Waals surface area contributed by atoms with Crippen LogP contribution in [-0.4, -0.2) is 6.54 Å². The molecule has 13 heavy (non-hydrogen) atoms. The fourth-order valence-corrected chi connectivity index (χ4v) is 1.96. The van der Waals surface area contributed by atoms with Crippen molar-refractivity contribution in [1.82, 2.24) is 0 Å². The van der Waals surface area contributed by atoms with E-state index in [0.717, 1.165) is 12.0 Å². The Morgan fingerprint density at radius 2 is 2.23 bits per heavy atom. The van der Waals surface area contributed by atoms with Gasteiger partial charge in [0, 0.05) is 0 Å². The molecule has 0 bridgehead atoms. The van der Waals surface area contributed by atoms with Gasteiger partial charge in [0.25, 0.3) is 0 Å². The summed E-state index contributed by atoms with van der Waals surface area (Å²) in [6, 6.07) is 5.10. The summed E-state index contributed by atoms with van der Waals surface area (Å²) >= 11 is 3.23. The highest BCUT2D eigenvalue weighted by atomic mass is 79.9. The highest BCUT2D eigenvalue weighted by Gasteiger charge is 2.10. The average Bonchev–Trinajstić information content (AvgIpc) is 2.10. The summed E-state index contributed by atoms with van der Waals surface area (Å²) in [5, 5.41) is 0. The number of benzene rings is 1. The van der Waals surface area contributed by atoms with E-state index < -0.39 is 0 Å². The molecule has 72 valence electrons. The predicted molar refractivity (Wildman–Crippen MR) is 56.2 cm³/mol. The molecule has 1 aromatic carbocycles. The largest absolute Gasteiger partial charge is 0.330 e. The first-order valence-corrected chi connectivity index (χ1v) is 5.10. The van der Waals surface area contributed by atoms with Crippen molar-refractivity contribution < 1.29 is 4.39 Å². The van der Waals surface area contributed by atoms with Crippen LogP contribution in [0.15, 0.2) is 22.7 Å². The van der Waals surface area contributed by atoms with Gasteiger partial charge in [-0.25, -0.2) is 4.39 Å². The second-order valence-corrected chi connectivity index (χ2v) is 3.91. The third-order valence-corrected chi connectivity index (χ3v) is 2.95. The van der Waals surface area contributed by atoms with Crippen molar-refractivity contribution in [2.45, 2.75) is 19.3 Å². The summed E-state index contributed by atoms with van der Waals surface area (Å²) < 4.78 is 13.7. The lowest BCUT2D eigenvalue weighted by molar-refractivity contribution is 0.608. The first-order chi connectivity index (χ1) is 6.16. The Morgan fingerprint density at radius 3 is 2.85 bits per heavy atom. The molecule has 0 saturated heterocycles. The Morgan fingerprint density at radius 1 is 1.54 bits per heavy atom. The van der Waals surface area contributed by atoms with Gasteiger partial charge in [0.1, 0.15) is 5.82 Å². The quantitative estimate of drug-likeness (QED) is 0.871. The lowest BCUT2D eigenvalue weighted by Crippen LogP contribution is -2.05. The van der Waals surface area contributed by atoms with Gasteiger partial charge >= 0.3 is 0 Å². The second-order valence-electron chi connectivity index (χ2n) is 3.12. The molecule has 1 nitrogen and oxygen atoms in total. The van der Waals surface area contributed by atoms with E-state index in [1.807, 2.05) is 13.0 Å². The molecule has 0 saturated carbocycles. The molecule has 0 heterocycles. The van der Waals surface area contributed by atoms with Gasteiger partial charge < -0.3 is 5.73 Å². The van der Waals surface area contributed by atoms with Crippen LogP contribution in [0.5, 0.6) is 0 Å². The van der Waals surface area contributed by atoms with E-state index in [4.69, 9.17) is 5.73 Å². The molecule has 0 aliphatic carbocycles. The minimum atomic E-state index is -0.207. The van der Waals surface area contributed by atoms with Crippen molar-refractivity contribution in [2.75, 3.05) is 6.54 Å². The molecule has 0 fully saturated rings. The maximum Gasteiger partial charge on any atom is 0.137 e. The van der Waals surface area contributed by atoms with Crippen molar-refractivity contribution in [1.29, 1.82) is 0 Å². The van der Waals surface area contributed by atoms with Gasteiger partial charge in [-0.2, -0.15) is 0 Å². The number of rotatable bonds is 3. The summed E-state index contributed by atoms with van der Waals surface area (Å²) in [7, 11) is 0. The molecule has 1 rings (SSSR count). The van der Waals surface area contributed by atoms with Gasteiger partial charge in [-0.3, -0.25) is 0 Å². The molecule has 3 heteroatoms. The van der Waals surface area contributed by atoms with Crippen molar-refractivity contribution in [3.63, 3.8) is 0 Å².